The van der Waals surface area contributed by atoms with E-state index in [9.17, 15) is 18.0 Å². The highest BCUT2D eigenvalue weighted by atomic mass is 32.2. The van der Waals surface area contributed by atoms with Crippen LogP contribution in [0.2, 0.25) is 0 Å². The van der Waals surface area contributed by atoms with Gasteiger partial charge in [-0.2, -0.15) is 8.42 Å². The molecule has 0 aliphatic rings. The number of aryl methyl sites for hydroxylation is 2. The maximum absolute atomic E-state index is 12.6. The van der Waals surface area contributed by atoms with E-state index in [-0.39, 0.29) is 22.6 Å². The Balaban J connectivity index is 1.66. The normalized spacial score (nSPS) is 12.0. The minimum atomic E-state index is -4.00. The van der Waals surface area contributed by atoms with Gasteiger partial charge in [0.1, 0.15) is 10.6 Å². The molecule has 3 aromatic carbocycles. The van der Waals surface area contributed by atoms with Crippen LogP contribution in [-0.2, 0) is 10.1 Å². The van der Waals surface area contributed by atoms with Crippen molar-refractivity contribution in [3.8, 4) is 5.75 Å². The molecule has 0 bridgehead atoms. The summed E-state index contributed by atoms with van der Waals surface area (Å²) < 4.78 is 30.5. The van der Waals surface area contributed by atoms with Gasteiger partial charge in [-0.3, -0.25) is 4.79 Å². The van der Waals surface area contributed by atoms with E-state index in [2.05, 4.69) is 10.6 Å². The number of primary amides is 1. The Morgan fingerprint density at radius 2 is 1.58 bits per heavy atom. The number of nitrogens with two attached hydrogens (primary N) is 1. The summed E-state index contributed by atoms with van der Waals surface area (Å²) in [5, 5.41) is 5.34. The zero-order valence-corrected chi connectivity index (χ0v) is 19.3. The van der Waals surface area contributed by atoms with E-state index in [4.69, 9.17) is 9.92 Å². The molecule has 172 valence electrons. The number of nitrogens with one attached hydrogen (secondary N) is 2. The lowest BCUT2D eigenvalue weighted by atomic mass is 10.1. The Morgan fingerprint density at radius 3 is 2.18 bits per heavy atom. The van der Waals surface area contributed by atoms with Crippen molar-refractivity contribution < 1.29 is 22.2 Å². The molecule has 1 atom stereocenters. The van der Waals surface area contributed by atoms with E-state index in [0.717, 1.165) is 11.1 Å². The molecule has 3 amide bonds. The third-order valence-electron chi connectivity index (χ3n) is 4.96. The summed E-state index contributed by atoms with van der Waals surface area (Å²) in [7, 11) is -4.00. The first-order chi connectivity index (χ1) is 15.5. The fourth-order valence-electron chi connectivity index (χ4n) is 3.17. The summed E-state index contributed by atoms with van der Waals surface area (Å²) in [6.45, 7) is 5.33. The third kappa shape index (κ3) is 6.11. The van der Waals surface area contributed by atoms with Crippen LogP contribution in [0.3, 0.4) is 0 Å². The minimum Gasteiger partial charge on any atom is -0.379 e. The standard InChI is InChI=1S/C24H25N3O5S/c1-15-4-5-16(2)22(14-15)33(30,31)32-21-12-8-19(9-13-21)23(28)26-17(3)18-6-10-20(11-7-18)27-24(25)29/h4-14,17H,1-3H3,(H,26,28)(H3,25,27,29). The van der Waals surface area contributed by atoms with Gasteiger partial charge in [-0.15, -0.1) is 0 Å². The zero-order chi connectivity index (χ0) is 24.2. The van der Waals surface area contributed by atoms with E-state index in [0.29, 0.717) is 16.8 Å². The molecule has 8 nitrogen and oxygen atoms in total. The van der Waals surface area contributed by atoms with Gasteiger partial charge in [0.2, 0.25) is 0 Å². The SMILES string of the molecule is Cc1ccc(C)c(S(=O)(=O)Oc2ccc(C(=O)NC(C)c3ccc(NC(N)=O)cc3)cc2)c1. The monoisotopic (exact) mass is 467 g/mol. The number of hydrogen-bond acceptors (Lipinski definition) is 5. The zero-order valence-electron chi connectivity index (χ0n) is 18.5. The van der Waals surface area contributed by atoms with Crippen molar-refractivity contribution in [2.45, 2.75) is 31.7 Å². The molecule has 0 aromatic heterocycles. The first-order valence-corrected chi connectivity index (χ1v) is 11.5. The maximum atomic E-state index is 12.6. The molecule has 0 radical (unpaired) electrons. The topological polar surface area (TPSA) is 128 Å². The van der Waals surface area contributed by atoms with Crippen LogP contribution in [0.5, 0.6) is 5.75 Å². The number of anilines is 1. The fourth-order valence-corrected chi connectivity index (χ4v) is 4.42. The Kier molecular flexibility index (Phi) is 7.03. The van der Waals surface area contributed by atoms with Crippen molar-refractivity contribution >= 4 is 27.7 Å². The van der Waals surface area contributed by atoms with Crippen LogP contribution in [0.4, 0.5) is 10.5 Å². The van der Waals surface area contributed by atoms with Crippen molar-refractivity contribution in [2.75, 3.05) is 5.32 Å². The third-order valence-corrected chi connectivity index (χ3v) is 6.35. The maximum Gasteiger partial charge on any atom is 0.339 e. The second kappa shape index (κ2) is 9.74. The van der Waals surface area contributed by atoms with Gasteiger partial charge < -0.3 is 20.6 Å². The highest BCUT2D eigenvalue weighted by Crippen LogP contribution is 2.23. The number of rotatable bonds is 7. The first-order valence-electron chi connectivity index (χ1n) is 10.1. The molecule has 4 N–H and O–H groups in total. The Bertz CT molecular complexity index is 1270. The second-order valence-corrected chi connectivity index (χ2v) is 9.15. The Hall–Kier alpha value is -3.85. The summed E-state index contributed by atoms with van der Waals surface area (Å²) >= 11 is 0. The number of carbonyl (C=O) groups excluding carboxylic acids is 2. The quantitative estimate of drug-likeness (QED) is 0.452. The smallest absolute Gasteiger partial charge is 0.339 e. The summed E-state index contributed by atoms with van der Waals surface area (Å²) in [6.07, 6.45) is 0. The molecule has 0 saturated carbocycles. The van der Waals surface area contributed by atoms with Crippen LogP contribution >= 0.6 is 0 Å². The lowest BCUT2D eigenvalue weighted by Gasteiger charge is -2.15. The van der Waals surface area contributed by atoms with Gasteiger partial charge in [-0.25, -0.2) is 4.79 Å². The van der Waals surface area contributed by atoms with Crippen LogP contribution in [-0.4, -0.2) is 20.4 Å². The molecule has 0 saturated heterocycles. The van der Waals surface area contributed by atoms with Gasteiger partial charge in [0.15, 0.2) is 0 Å². The molecule has 0 aliphatic carbocycles. The van der Waals surface area contributed by atoms with Crippen molar-refractivity contribution in [3.05, 3.63) is 89.0 Å². The van der Waals surface area contributed by atoms with Crippen LogP contribution < -0.4 is 20.6 Å². The van der Waals surface area contributed by atoms with E-state index in [1.807, 2.05) is 13.0 Å². The summed E-state index contributed by atoms with van der Waals surface area (Å²) in [4.78, 5) is 23.6. The largest absolute Gasteiger partial charge is 0.379 e. The van der Waals surface area contributed by atoms with Gasteiger partial charge in [0.25, 0.3) is 5.91 Å². The Morgan fingerprint density at radius 1 is 0.939 bits per heavy atom. The van der Waals surface area contributed by atoms with Crippen molar-refractivity contribution in [1.82, 2.24) is 5.32 Å². The van der Waals surface area contributed by atoms with Crippen molar-refractivity contribution in [2.24, 2.45) is 5.73 Å². The number of amides is 3. The van der Waals surface area contributed by atoms with E-state index in [1.54, 1.807) is 50.2 Å². The molecule has 0 aliphatic heterocycles. The van der Waals surface area contributed by atoms with Gasteiger partial charge >= 0.3 is 16.1 Å². The van der Waals surface area contributed by atoms with Crippen molar-refractivity contribution in [1.29, 1.82) is 0 Å². The van der Waals surface area contributed by atoms with E-state index in [1.165, 1.54) is 24.3 Å². The van der Waals surface area contributed by atoms with Gasteiger partial charge in [-0.1, -0.05) is 24.3 Å². The highest BCUT2D eigenvalue weighted by molar-refractivity contribution is 7.87. The Labute approximate surface area is 192 Å². The molecule has 1 unspecified atom stereocenters. The van der Waals surface area contributed by atoms with Crippen LogP contribution in [0, 0.1) is 13.8 Å². The van der Waals surface area contributed by atoms with Crippen LogP contribution in [0.25, 0.3) is 0 Å². The predicted octanol–water partition coefficient (Wildman–Crippen LogP) is 4.05. The highest BCUT2D eigenvalue weighted by Gasteiger charge is 2.20. The molecule has 3 aromatic rings. The lowest BCUT2D eigenvalue weighted by molar-refractivity contribution is 0.0940. The van der Waals surface area contributed by atoms with E-state index < -0.39 is 16.1 Å². The second-order valence-electron chi connectivity index (χ2n) is 7.64. The number of hydrogen-bond donors (Lipinski definition) is 3. The van der Waals surface area contributed by atoms with Crippen LogP contribution in [0.1, 0.15) is 40.0 Å². The molecule has 0 heterocycles. The van der Waals surface area contributed by atoms with Gasteiger partial charge in [0.05, 0.1) is 6.04 Å². The van der Waals surface area contributed by atoms with Gasteiger partial charge in [0, 0.05) is 11.3 Å². The summed E-state index contributed by atoms with van der Waals surface area (Å²) in [5.74, 6) is -0.219. The van der Waals surface area contributed by atoms with E-state index >= 15 is 0 Å². The summed E-state index contributed by atoms with van der Waals surface area (Å²) in [6, 6.07) is 16.9. The van der Waals surface area contributed by atoms with Crippen molar-refractivity contribution in [3.63, 3.8) is 0 Å². The first kappa shape index (κ1) is 23.8. The average molecular weight is 468 g/mol. The summed E-state index contributed by atoms with van der Waals surface area (Å²) in [5.41, 5.74) is 8.22. The molecular weight excluding hydrogens is 442 g/mol. The number of benzene rings is 3. The molecule has 9 heteroatoms. The van der Waals surface area contributed by atoms with Crippen LogP contribution in [0.15, 0.2) is 71.6 Å². The van der Waals surface area contributed by atoms with Gasteiger partial charge in [-0.05, 0) is 79.9 Å². The lowest BCUT2D eigenvalue weighted by Crippen LogP contribution is -2.26. The fraction of sp³-hybridized carbons (Fsp3) is 0.167. The molecule has 0 spiro atoms. The average Bonchev–Trinajstić information content (AvgIpc) is 2.75. The number of carbonyl (C=O) groups is 2. The molecule has 33 heavy (non-hydrogen) atoms. The molecular formula is C24H25N3O5S. The minimum absolute atomic E-state index is 0.107. The predicted molar refractivity (Wildman–Crippen MR) is 126 cm³/mol. The molecule has 3 rings (SSSR count). The molecule has 0 fully saturated rings. The number of urea groups is 1.